The molecule has 1 aromatic carbocycles. The van der Waals surface area contributed by atoms with E-state index >= 15 is 0 Å². The normalized spacial score (nSPS) is 17.5. The molecule has 0 spiro atoms. The molecule has 80 valence electrons. The van der Waals surface area contributed by atoms with Crippen LogP contribution in [-0.4, -0.2) is 11.1 Å². The fraction of sp³-hybridized carbons (Fsp3) is 0.417. The highest BCUT2D eigenvalue weighted by Crippen LogP contribution is 2.49. The van der Waals surface area contributed by atoms with Gasteiger partial charge in [-0.05, 0) is 43.4 Å². The Morgan fingerprint density at radius 3 is 2.67 bits per heavy atom. The van der Waals surface area contributed by atoms with Gasteiger partial charge in [-0.2, -0.15) is 0 Å². The number of benzene rings is 1. The van der Waals surface area contributed by atoms with Crippen LogP contribution in [0.5, 0.6) is 0 Å². The molecule has 0 aliphatic heterocycles. The number of carbonyl (C=O) groups is 1. The van der Waals surface area contributed by atoms with Crippen LogP contribution in [0.1, 0.15) is 24.0 Å². The smallest absolute Gasteiger partial charge is 0.309 e. The predicted molar refractivity (Wildman–Crippen MR) is 59.2 cm³/mol. The van der Waals surface area contributed by atoms with Crippen LogP contribution in [0.25, 0.3) is 0 Å². The molecule has 3 heteroatoms. The van der Waals surface area contributed by atoms with Crippen molar-refractivity contribution in [3.63, 3.8) is 0 Å². The van der Waals surface area contributed by atoms with E-state index in [4.69, 9.17) is 16.7 Å². The summed E-state index contributed by atoms with van der Waals surface area (Å²) < 4.78 is 0. The molecule has 0 aromatic heterocycles. The van der Waals surface area contributed by atoms with Crippen LogP contribution in [0, 0.1) is 12.3 Å². The monoisotopic (exact) mass is 224 g/mol. The molecule has 0 bridgehead atoms. The van der Waals surface area contributed by atoms with E-state index in [9.17, 15) is 4.79 Å². The van der Waals surface area contributed by atoms with Crippen molar-refractivity contribution in [1.29, 1.82) is 0 Å². The first-order chi connectivity index (χ1) is 7.03. The van der Waals surface area contributed by atoms with Crippen molar-refractivity contribution in [2.75, 3.05) is 0 Å². The number of aryl methyl sites for hydroxylation is 1. The lowest BCUT2D eigenvalue weighted by molar-refractivity contribution is -0.143. The maximum Gasteiger partial charge on any atom is 0.309 e. The topological polar surface area (TPSA) is 37.3 Å². The van der Waals surface area contributed by atoms with E-state index in [-0.39, 0.29) is 0 Å². The Kier molecular flexibility index (Phi) is 2.47. The van der Waals surface area contributed by atoms with Gasteiger partial charge in [-0.25, -0.2) is 0 Å². The highest BCUT2D eigenvalue weighted by molar-refractivity contribution is 6.31. The van der Waals surface area contributed by atoms with Gasteiger partial charge in [0.05, 0.1) is 5.41 Å². The Bertz CT molecular complexity index is 408. The predicted octanol–water partition coefficient (Wildman–Crippen LogP) is 3.06. The van der Waals surface area contributed by atoms with E-state index in [1.807, 2.05) is 25.1 Å². The van der Waals surface area contributed by atoms with E-state index in [0.29, 0.717) is 11.4 Å². The highest BCUT2D eigenvalue weighted by Gasteiger charge is 2.50. The summed E-state index contributed by atoms with van der Waals surface area (Å²) in [7, 11) is 0. The fourth-order valence-corrected chi connectivity index (χ4v) is 2.08. The van der Waals surface area contributed by atoms with Gasteiger partial charge in [-0.1, -0.05) is 23.7 Å². The molecule has 1 N–H and O–H groups in total. The Balaban J connectivity index is 2.21. The number of carboxylic acids is 1. The third kappa shape index (κ3) is 2.00. The molecule has 15 heavy (non-hydrogen) atoms. The summed E-state index contributed by atoms with van der Waals surface area (Å²) in [5.41, 5.74) is 1.52. The maximum absolute atomic E-state index is 11.0. The van der Waals surface area contributed by atoms with Gasteiger partial charge in [-0.15, -0.1) is 0 Å². The van der Waals surface area contributed by atoms with Crippen molar-refractivity contribution in [3.8, 4) is 0 Å². The SMILES string of the molecule is Cc1ccc(CC2(C(=O)O)CC2)c(Cl)c1. The molecular formula is C12H13ClO2. The van der Waals surface area contributed by atoms with Gasteiger partial charge in [0.25, 0.3) is 0 Å². The van der Waals surface area contributed by atoms with E-state index in [1.54, 1.807) is 0 Å². The van der Waals surface area contributed by atoms with Gasteiger partial charge >= 0.3 is 5.97 Å². The minimum absolute atomic E-state index is 0.529. The van der Waals surface area contributed by atoms with Gasteiger partial charge in [0.15, 0.2) is 0 Å². The van der Waals surface area contributed by atoms with Crippen molar-refractivity contribution in [1.82, 2.24) is 0 Å². The van der Waals surface area contributed by atoms with Crippen LogP contribution in [0.4, 0.5) is 0 Å². The lowest BCUT2D eigenvalue weighted by Crippen LogP contribution is -2.17. The summed E-state index contributed by atoms with van der Waals surface area (Å²) in [5.74, 6) is -0.695. The summed E-state index contributed by atoms with van der Waals surface area (Å²) in [6.07, 6.45) is 2.10. The second kappa shape index (κ2) is 3.53. The molecular weight excluding hydrogens is 212 g/mol. The van der Waals surface area contributed by atoms with E-state index in [0.717, 1.165) is 24.0 Å². The van der Waals surface area contributed by atoms with Crippen molar-refractivity contribution in [2.45, 2.75) is 26.2 Å². The molecule has 2 rings (SSSR count). The molecule has 2 nitrogen and oxygen atoms in total. The van der Waals surface area contributed by atoms with Gasteiger partial charge in [-0.3, -0.25) is 4.79 Å². The molecule has 1 aliphatic carbocycles. The van der Waals surface area contributed by atoms with Crippen LogP contribution in [0.2, 0.25) is 5.02 Å². The Hall–Kier alpha value is -1.02. The Labute approximate surface area is 93.9 Å². The van der Waals surface area contributed by atoms with Crippen molar-refractivity contribution in [2.24, 2.45) is 5.41 Å². The van der Waals surface area contributed by atoms with Crippen LogP contribution >= 0.6 is 11.6 Å². The lowest BCUT2D eigenvalue weighted by atomic mass is 9.96. The van der Waals surface area contributed by atoms with Crippen LogP contribution < -0.4 is 0 Å². The number of hydrogen-bond donors (Lipinski definition) is 1. The lowest BCUT2D eigenvalue weighted by Gasteiger charge is -2.11. The minimum atomic E-state index is -0.695. The average Bonchev–Trinajstić information content (AvgIpc) is 2.91. The maximum atomic E-state index is 11.0. The molecule has 1 fully saturated rings. The van der Waals surface area contributed by atoms with Crippen molar-refractivity contribution >= 4 is 17.6 Å². The molecule has 1 aliphatic rings. The minimum Gasteiger partial charge on any atom is -0.481 e. The van der Waals surface area contributed by atoms with Crippen LogP contribution in [-0.2, 0) is 11.2 Å². The molecule has 0 amide bonds. The second-order valence-electron chi connectivity index (χ2n) is 4.36. The number of carboxylic acid groups (broad SMARTS) is 1. The summed E-state index contributed by atoms with van der Waals surface area (Å²) in [4.78, 5) is 11.0. The molecule has 0 unspecified atom stereocenters. The molecule has 0 radical (unpaired) electrons. The standard InChI is InChI=1S/C12H13ClO2/c1-8-2-3-9(10(13)6-8)7-12(4-5-12)11(14)15/h2-3,6H,4-5,7H2,1H3,(H,14,15). The van der Waals surface area contributed by atoms with Crippen molar-refractivity contribution < 1.29 is 9.90 Å². The Morgan fingerprint density at radius 1 is 1.53 bits per heavy atom. The quantitative estimate of drug-likeness (QED) is 0.857. The largest absolute Gasteiger partial charge is 0.481 e. The van der Waals surface area contributed by atoms with E-state index in [2.05, 4.69) is 0 Å². The third-order valence-corrected chi connectivity index (χ3v) is 3.40. The molecule has 0 heterocycles. The zero-order valence-electron chi connectivity index (χ0n) is 8.59. The number of halogens is 1. The first kappa shape index (κ1) is 10.5. The first-order valence-corrected chi connectivity index (χ1v) is 5.40. The van der Waals surface area contributed by atoms with Gasteiger partial charge in [0, 0.05) is 5.02 Å². The van der Waals surface area contributed by atoms with Gasteiger partial charge in [0.1, 0.15) is 0 Å². The highest BCUT2D eigenvalue weighted by atomic mass is 35.5. The second-order valence-corrected chi connectivity index (χ2v) is 4.76. The van der Waals surface area contributed by atoms with Crippen molar-refractivity contribution in [3.05, 3.63) is 34.3 Å². The molecule has 1 saturated carbocycles. The van der Waals surface area contributed by atoms with E-state index < -0.39 is 11.4 Å². The number of aliphatic carboxylic acids is 1. The molecule has 0 saturated heterocycles. The Morgan fingerprint density at radius 2 is 2.20 bits per heavy atom. The first-order valence-electron chi connectivity index (χ1n) is 5.02. The molecule has 1 aromatic rings. The molecule has 0 atom stereocenters. The zero-order chi connectivity index (χ0) is 11.1. The fourth-order valence-electron chi connectivity index (χ4n) is 1.78. The average molecular weight is 225 g/mol. The summed E-state index contributed by atoms with van der Waals surface area (Å²) in [6.45, 7) is 1.97. The zero-order valence-corrected chi connectivity index (χ0v) is 9.34. The van der Waals surface area contributed by atoms with Crippen LogP contribution in [0.3, 0.4) is 0 Å². The summed E-state index contributed by atoms with van der Waals surface area (Å²) in [5, 5.41) is 9.75. The van der Waals surface area contributed by atoms with Gasteiger partial charge < -0.3 is 5.11 Å². The van der Waals surface area contributed by atoms with Gasteiger partial charge in [0.2, 0.25) is 0 Å². The number of hydrogen-bond acceptors (Lipinski definition) is 1. The van der Waals surface area contributed by atoms with Crippen LogP contribution in [0.15, 0.2) is 18.2 Å². The summed E-state index contributed by atoms with van der Waals surface area (Å²) in [6, 6.07) is 5.79. The number of rotatable bonds is 3. The summed E-state index contributed by atoms with van der Waals surface area (Å²) >= 11 is 6.08. The third-order valence-electron chi connectivity index (χ3n) is 3.04. The van der Waals surface area contributed by atoms with E-state index in [1.165, 1.54) is 0 Å².